The minimum absolute atomic E-state index is 0.0855. The fourth-order valence-corrected chi connectivity index (χ4v) is 5.16. The van der Waals surface area contributed by atoms with E-state index in [0.29, 0.717) is 30.2 Å². The molecular formula is C26H27BrN2O5S. The molecule has 7 nitrogen and oxygen atoms in total. The molecule has 35 heavy (non-hydrogen) atoms. The van der Waals surface area contributed by atoms with E-state index in [9.17, 15) is 13.2 Å². The van der Waals surface area contributed by atoms with Crippen LogP contribution >= 0.6 is 15.9 Å². The van der Waals surface area contributed by atoms with Crippen molar-refractivity contribution < 1.29 is 22.7 Å². The molecule has 1 amide bonds. The number of carbonyl (C=O) groups excluding carboxylic acids is 1. The Kier molecular flexibility index (Phi) is 8.56. The third-order valence-electron chi connectivity index (χ3n) is 5.62. The fourth-order valence-electron chi connectivity index (χ4n) is 3.74. The zero-order valence-corrected chi connectivity index (χ0v) is 21.5. The van der Waals surface area contributed by atoms with Crippen molar-refractivity contribution in [2.45, 2.75) is 30.3 Å². The van der Waals surface area contributed by atoms with E-state index in [1.165, 1.54) is 12.1 Å². The summed E-state index contributed by atoms with van der Waals surface area (Å²) in [4.78, 5) is 13.1. The maximum Gasteiger partial charge on any atom is 0.259 e. The second kappa shape index (κ2) is 11.8. The predicted octanol–water partition coefficient (Wildman–Crippen LogP) is 4.78. The van der Waals surface area contributed by atoms with E-state index in [0.717, 1.165) is 29.3 Å². The van der Waals surface area contributed by atoms with Crippen LogP contribution in [0.15, 0.2) is 82.2 Å². The lowest BCUT2D eigenvalue weighted by molar-refractivity contribution is 0.102. The highest BCUT2D eigenvalue weighted by atomic mass is 79.9. The van der Waals surface area contributed by atoms with Crippen LogP contribution in [0.4, 0.5) is 5.69 Å². The Morgan fingerprint density at radius 1 is 1.06 bits per heavy atom. The van der Waals surface area contributed by atoms with E-state index >= 15 is 0 Å². The topological polar surface area (TPSA) is 93.7 Å². The van der Waals surface area contributed by atoms with Crippen molar-refractivity contribution in [1.82, 2.24) is 4.72 Å². The molecule has 1 saturated heterocycles. The van der Waals surface area contributed by atoms with Crippen LogP contribution in [0.25, 0.3) is 0 Å². The average molecular weight is 559 g/mol. The molecule has 3 aromatic rings. The van der Waals surface area contributed by atoms with E-state index in [1.54, 1.807) is 24.3 Å². The maximum atomic E-state index is 13.0. The highest BCUT2D eigenvalue weighted by Crippen LogP contribution is 2.25. The van der Waals surface area contributed by atoms with Gasteiger partial charge in [0.15, 0.2) is 0 Å². The van der Waals surface area contributed by atoms with Crippen molar-refractivity contribution in [2.24, 2.45) is 0 Å². The van der Waals surface area contributed by atoms with Gasteiger partial charge < -0.3 is 14.8 Å². The largest absolute Gasteiger partial charge is 0.492 e. The number of ether oxygens (including phenoxy) is 2. The Labute approximate surface area is 214 Å². The Hall–Kier alpha value is -2.72. The molecule has 1 fully saturated rings. The normalized spacial score (nSPS) is 15.6. The third-order valence-corrected chi connectivity index (χ3v) is 7.56. The van der Waals surface area contributed by atoms with Crippen LogP contribution in [0.2, 0.25) is 0 Å². The summed E-state index contributed by atoms with van der Waals surface area (Å²) in [5.41, 5.74) is 2.00. The summed E-state index contributed by atoms with van der Waals surface area (Å²) in [6, 6.07) is 21.3. The molecule has 9 heteroatoms. The molecule has 0 bridgehead atoms. The van der Waals surface area contributed by atoms with E-state index in [2.05, 4.69) is 26.0 Å². The van der Waals surface area contributed by atoms with Crippen molar-refractivity contribution >= 4 is 37.5 Å². The molecule has 1 aliphatic heterocycles. The molecule has 1 atom stereocenters. The lowest BCUT2D eigenvalue weighted by Gasteiger charge is -2.13. The molecule has 0 aromatic heterocycles. The molecule has 184 valence electrons. The van der Waals surface area contributed by atoms with Gasteiger partial charge in [0, 0.05) is 29.7 Å². The van der Waals surface area contributed by atoms with Gasteiger partial charge in [0.1, 0.15) is 5.75 Å². The van der Waals surface area contributed by atoms with Gasteiger partial charge in [-0.15, -0.1) is 0 Å². The summed E-state index contributed by atoms with van der Waals surface area (Å²) in [5, 5.41) is 2.81. The van der Waals surface area contributed by atoms with Gasteiger partial charge in [-0.3, -0.25) is 4.79 Å². The van der Waals surface area contributed by atoms with Crippen molar-refractivity contribution in [1.29, 1.82) is 0 Å². The quantitative estimate of drug-likeness (QED) is 0.373. The summed E-state index contributed by atoms with van der Waals surface area (Å²) in [6.45, 7) is 1.34. The summed E-state index contributed by atoms with van der Waals surface area (Å²) >= 11 is 3.41. The Balaban J connectivity index is 1.38. The number of hydrogen-bond acceptors (Lipinski definition) is 5. The number of benzene rings is 3. The second-order valence-electron chi connectivity index (χ2n) is 8.19. The van der Waals surface area contributed by atoms with Crippen LogP contribution in [0.1, 0.15) is 28.8 Å². The van der Waals surface area contributed by atoms with Crippen LogP contribution in [0.3, 0.4) is 0 Å². The first-order valence-corrected chi connectivity index (χ1v) is 13.7. The summed E-state index contributed by atoms with van der Waals surface area (Å²) in [7, 11) is -3.66. The van der Waals surface area contributed by atoms with Gasteiger partial charge in [-0.2, -0.15) is 0 Å². The zero-order chi connectivity index (χ0) is 24.7. The lowest BCUT2D eigenvalue weighted by atomic mass is 10.1. The van der Waals surface area contributed by atoms with E-state index in [4.69, 9.17) is 9.47 Å². The van der Waals surface area contributed by atoms with Crippen LogP contribution < -0.4 is 14.8 Å². The van der Waals surface area contributed by atoms with Gasteiger partial charge in [0.05, 0.1) is 23.2 Å². The highest BCUT2D eigenvalue weighted by molar-refractivity contribution is 9.10. The molecule has 0 radical (unpaired) electrons. The summed E-state index contributed by atoms with van der Waals surface area (Å²) < 4.78 is 39.8. The second-order valence-corrected chi connectivity index (χ2v) is 10.9. The number of carbonyl (C=O) groups is 1. The van der Waals surface area contributed by atoms with Gasteiger partial charge in [0.25, 0.3) is 5.91 Å². The molecule has 1 heterocycles. The first-order valence-electron chi connectivity index (χ1n) is 11.4. The van der Waals surface area contributed by atoms with Crippen LogP contribution in [-0.2, 0) is 21.2 Å². The molecule has 3 aromatic carbocycles. The minimum atomic E-state index is -3.66. The highest BCUT2D eigenvalue weighted by Gasteiger charge is 2.20. The van der Waals surface area contributed by atoms with Crippen LogP contribution in [-0.4, -0.2) is 40.2 Å². The van der Waals surface area contributed by atoms with E-state index < -0.39 is 10.0 Å². The predicted molar refractivity (Wildman–Crippen MR) is 138 cm³/mol. The number of amides is 1. The van der Waals surface area contributed by atoms with Crippen LogP contribution in [0, 0.1) is 0 Å². The number of sulfonamides is 1. The number of nitrogens with one attached hydrogen (secondary N) is 2. The first kappa shape index (κ1) is 25.4. The molecule has 0 saturated carbocycles. The average Bonchev–Trinajstić information content (AvgIpc) is 3.39. The molecule has 1 aliphatic rings. The molecule has 1 unspecified atom stereocenters. The van der Waals surface area contributed by atoms with Gasteiger partial charge in [-0.1, -0.05) is 46.3 Å². The van der Waals surface area contributed by atoms with Crippen molar-refractivity contribution in [3.8, 4) is 5.75 Å². The third kappa shape index (κ3) is 7.14. The Morgan fingerprint density at radius 3 is 2.54 bits per heavy atom. The minimum Gasteiger partial charge on any atom is -0.492 e. The number of hydrogen-bond donors (Lipinski definition) is 2. The maximum absolute atomic E-state index is 13.0. The van der Waals surface area contributed by atoms with Crippen molar-refractivity contribution in [2.75, 3.05) is 25.1 Å². The molecule has 0 aliphatic carbocycles. The van der Waals surface area contributed by atoms with Gasteiger partial charge >= 0.3 is 0 Å². The molecule has 4 rings (SSSR count). The lowest BCUT2D eigenvalue weighted by Crippen LogP contribution is -2.31. The van der Waals surface area contributed by atoms with Gasteiger partial charge in [0.2, 0.25) is 10.0 Å². The first-order chi connectivity index (χ1) is 16.9. The fraction of sp³-hybridized carbons (Fsp3) is 0.269. The van der Waals surface area contributed by atoms with E-state index in [-0.39, 0.29) is 23.5 Å². The zero-order valence-electron chi connectivity index (χ0n) is 19.1. The van der Waals surface area contributed by atoms with E-state index in [1.807, 2.05) is 36.4 Å². The number of anilines is 1. The smallest absolute Gasteiger partial charge is 0.259 e. The van der Waals surface area contributed by atoms with Gasteiger partial charge in [-0.05, 0) is 60.9 Å². The van der Waals surface area contributed by atoms with Crippen molar-refractivity contribution in [3.05, 3.63) is 88.4 Å². The summed E-state index contributed by atoms with van der Waals surface area (Å²) in [5.74, 6) is 0.118. The Morgan fingerprint density at radius 2 is 1.83 bits per heavy atom. The molecule has 2 N–H and O–H groups in total. The molecular weight excluding hydrogens is 532 g/mol. The number of halogens is 1. The monoisotopic (exact) mass is 558 g/mol. The van der Waals surface area contributed by atoms with Crippen molar-refractivity contribution in [3.63, 3.8) is 0 Å². The number of rotatable bonds is 10. The SMILES string of the molecule is O=C(Nc1ccc(S(=O)(=O)NCC2CCCO2)cc1)c1cc(Br)ccc1OCCc1ccccc1. The molecule has 0 spiro atoms. The standard InChI is InChI=1S/C26H27BrN2O5S/c27-20-8-13-25(34-16-14-19-5-2-1-3-6-19)24(17-20)26(30)29-21-9-11-23(12-10-21)35(31,32)28-18-22-7-4-15-33-22/h1-3,5-6,8-13,17,22,28H,4,7,14-16,18H2,(H,29,30). The van der Waals surface area contributed by atoms with Gasteiger partial charge in [-0.25, -0.2) is 13.1 Å². The van der Waals surface area contributed by atoms with Crippen LogP contribution in [0.5, 0.6) is 5.75 Å². The Bertz CT molecular complexity index is 1240. The summed E-state index contributed by atoms with van der Waals surface area (Å²) in [6.07, 6.45) is 2.42.